The van der Waals surface area contributed by atoms with Crippen LogP contribution in [0.2, 0.25) is 0 Å². The first-order chi connectivity index (χ1) is 16.1. The summed E-state index contributed by atoms with van der Waals surface area (Å²) in [5.74, 6) is -4.20. The third-order valence-electron chi connectivity index (χ3n) is 5.31. The Hall–Kier alpha value is -3.48. The standard InChI is InChI=1S/C22H31N5O7/c1-11(2)18(21(32)25-16(9-28)20(31)26-17(10-29)22(33)34)27-19(30)14(23)7-12-8-24-15-6-4-3-5-13(12)15/h3-6,8,11,14,16-18,24,28-29H,7,9-10,23H2,1-2H3,(H,25,32)(H,26,31)(H,27,30)(H,33,34). The average molecular weight is 478 g/mol. The van der Waals surface area contributed by atoms with Gasteiger partial charge >= 0.3 is 5.97 Å². The predicted octanol–water partition coefficient (Wildman–Crippen LogP) is -1.78. The van der Waals surface area contributed by atoms with Crippen molar-refractivity contribution < 1.29 is 34.5 Å². The zero-order chi connectivity index (χ0) is 25.4. The van der Waals surface area contributed by atoms with Gasteiger partial charge in [0, 0.05) is 17.1 Å². The second-order valence-corrected chi connectivity index (χ2v) is 8.23. The molecule has 0 spiro atoms. The summed E-state index contributed by atoms with van der Waals surface area (Å²) in [4.78, 5) is 51.8. The molecule has 0 saturated heterocycles. The maximum atomic E-state index is 12.8. The van der Waals surface area contributed by atoms with Crippen LogP contribution in [0, 0.1) is 5.92 Å². The van der Waals surface area contributed by atoms with Crippen LogP contribution in [0.5, 0.6) is 0 Å². The van der Waals surface area contributed by atoms with E-state index in [9.17, 15) is 24.3 Å². The van der Waals surface area contributed by atoms with Crippen LogP contribution >= 0.6 is 0 Å². The number of rotatable bonds is 12. The van der Waals surface area contributed by atoms with Gasteiger partial charge in [-0.15, -0.1) is 0 Å². The number of fused-ring (bicyclic) bond motifs is 1. The summed E-state index contributed by atoms with van der Waals surface area (Å²) in [6, 6.07) is 2.45. The fourth-order valence-corrected chi connectivity index (χ4v) is 3.34. The van der Waals surface area contributed by atoms with Gasteiger partial charge in [0.25, 0.3) is 0 Å². The third kappa shape index (κ3) is 6.76. The zero-order valence-corrected chi connectivity index (χ0v) is 18.9. The van der Waals surface area contributed by atoms with E-state index in [0.29, 0.717) is 0 Å². The first-order valence-electron chi connectivity index (χ1n) is 10.7. The minimum absolute atomic E-state index is 0.224. The molecule has 2 aromatic rings. The number of carbonyl (C=O) groups excluding carboxylic acids is 3. The molecule has 12 heteroatoms. The van der Waals surface area contributed by atoms with Crippen molar-refractivity contribution in [3.8, 4) is 0 Å². The smallest absolute Gasteiger partial charge is 0.328 e. The monoisotopic (exact) mass is 477 g/mol. The number of nitrogens with one attached hydrogen (secondary N) is 4. The molecule has 9 N–H and O–H groups in total. The summed E-state index contributed by atoms with van der Waals surface area (Å²) in [5.41, 5.74) is 7.83. The number of hydrogen-bond donors (Lipinski definition) is 8. The lowest BCUT2D eigenvalue weighted by molar-refractivity contribution is -0.143. The fourth-order valence-electron chi connectivity index (χ4n) is 3.34. The minimum Gasteiger partial charge on any atom is -0.480 e. The van der Waals surface area contributed by atoms with Crippen molar-refractivity contribution in [2.45, 2.75) is 44.4 Å². The van der Waals surface area contributed by atoms with Gasteiger partial charge in [-0.1, -0.05) is 32.0 Å². The second-order valence-electron chi connectivity index (χ2n) is 8.23. The molecule has 1 aromatic carbocycles. The molecule has 0 bridgehead atoms. The van der Waals surface area contributed by atoms with Gasteiger partial charge in [0.15, 0.2) is 0 Å². The topological polar surface area (TPSA) is 207 Å². The predicted molar refractivity (Wildman–Crippen MR) is 122 cm³/mol. The number of aromatic amines is 1. The van der Waals surface area contributed by atoms with Gasteiger partial charge < -0.3 is 42.0 Å². The minimum atomic E-state index is -1.60. The Kier molecular flexibility index (Phi) is 9.54. The fraction of sp³-hybridized carbons (Fsp3) is 0.455. The number of carboxylic acids is 1. The largest absolute Gasteiger partial charge is 0.480 e. The number of H-pyrrole nitrogens is 1. The molecule has 3 amide bonds. The van der Waals surface area contributed by atoms with Gasteiger partial charge in [0.2, 0.25) is 17.7 Å². The number of aromatic nitrogens is 1. The SMILES string of the molecule is CC(C)C(NC(=O)C(N)Cc1c[nH]c2ccccc12)C(=O)NC(CO)C(=O)NC(CO)C(=O)O. The molecule has 0 aliphatic carbocycles. The first kappa shape index (κ1) is 26.8. The molecule has 0 fully saturated rings. The molecule has 4 atom stereocenters. The van der Waals surface area contributed by atoms with E-state index in [4.69, 9.17) is 15.9 Å². The van der Waals surface area contributed by atoms with E-state index in [-0.39, 0.29) is 6.42 Å². The summed E-state index contributed by atoms with van der Waals surface area (Å²) >= 11 is 0. The average Bonchev–Trinajstić information content (AvgIpc) is 3.21. The van der Waals surface area contributed by atoms with Gasteiger partial charge in [-0.3, -0.25) is 14.4 Å². The van der Waals surface area contributed by atoms with E-state index in [1.807, 2.05) is 29.6 Å². The van der Waals surface area contributed by atoms with Gasteiger partial charge in [-0.25, -0.2) is 4.79 Å². The number of carbonyl (C=O) groups is 4. The molecule has 4 unspecified atom stereocenters. The van der Waals surface area contributed by atoms with Gasteiger partial charge in [-0.2, -0.15) is 0 Å². The Morgan fingerprint density at radius 3 is 2.15 bits per heavy atom. The quantitative estimate of drug-likeness (QED) is 0.175. The lowest BCUT2D eigenvalue weighted by Gasteiger charge is -2.26. The van der Waals surface area contributed by atoms with Crippen LogP contribution in [0.1, 0.15) is 19.4 Å². The molecule has 34 heavy (non-hydrogen) atoms. The van der Waals surface area contributed by atoms with Crippen molar-refractivity contribution >= 4 is 34.6 Å². The van der Waals surface area contributed by atoms with Crippen molar-refractivity contribution in [1.29, 1.82) is 0 Å². The number of aliphatic hydroxyl groups excluding tert-OH is 2. The molecule has 186 valence electrons. The molecule has 0 aliphatic heterocycles. The van der Waals surface area contributed by atoms with E-state index in [1.54, 1.807) is 20.0 Å². The van der Waals surface area contributed by atoms with Crippen LogP contribution in [0.25, 0.3) is 10.9 Å². The number of benzene rings is 1. The van der Waals surface area contributed by atoms with Gasteiger partial charge in [0.05, 0.1) is 19.3 Å². The molecular weight excluding hydrogens is 446 g/mol. The van der Waals surface area contributed by atoms with E-state index in [1.165, 1.54) is 0 Å². The number of hydrogen-bond acceptors (Lipinski definition) is 7. The molecule has 0 saturated carbocycles. The number of carboxylic acid groups (broad SMARTS) is 1. The Morgan fingerprint density at radius 1 is 0.941 bits per heavy atom. The third-order valence-corrected chi connectivity index (χ3v) is 5.31. The Balaban J connectivity index is 2.03. The number of para-hydroxylation sites is 1. The van der Waals surface area contributed by atoms with Crippen LogP contribution < -0.4 is 21.7 Å². The second kappa shape index (κ2) is 12.1. The summed E-state index contributed by atoms with van der Waals surface area (Å²) in [6.45, 7) is 1.66. The van der Waals surface area contributed by atoms with E-state index >= 15 is 0 Å². The van der Waals surface area contributed by atoms with E-state index < -0.39 is 67.0 Å². The van der Waals surface area contributed by atoms with Crippen molar-refractivity contribution in [3.05, 3.63) is 36.0 Å². The highest BCUT2D eigenvalue weighted by molar-refractivity contribution is 5.94. The summed E-state index contributed by atoms with van der Waals surface area (Å²) in [7, 11) is 0. The van der Waals surface area contributed by atoms with Gasteiger partial charge in [-0.05, 0) is 24.0 Å². The molecule has 12 nitrogen and oxygen atoms in total. The van der Waals surface area contributed by atoms with Crippen molar-refractivity contribution in [1.82, 2.24) is 20.9 Å². The van der Waals surface area contributed by atoms with E-state index in [0.717, 1.165) is 16.5 Å². The lowest BCUT2D eigenvalue weighted by Crippen LogP contribution is -2.59. The van der Waals surface area contributed by atoms with Crippen LogP contribution in [0.4, 0.5) is 0 Å². The summed E-state index contributed by atoms with van der Waals surface area (Å²) < 4.78 is 0. The van der Waals surface area contributed by atoms with Crippen molar-refractivity contribution in [3.63, 3.8) is 0 Å². The Bertz CT molecular complexity index is 1020. The molecule has 1 aromatic heterocycles. The van der Waals surface area contributed by atoms with Crippen LogP contribution in [0.15, 0.2) is 30.5 Å². The Labute approximate surface area is 195 Å². The first-order valence-corrected chi connectivity index (χ1v) is 10.7. The summed E-state index contributed by atoms with van der Waals surface area (Å²) in [5, 5.41) is 35.3. The van der Waals surface area contributed by atoms with Crippen LogP contribution in [-0.2, 0) is 25.6 Å². The van der Waals surface area contributed by atoms with Crippen molar-refractivity contribution in [2.75, 3.05) is 13.2 Å². The number of nitrogens with two attached hydrogens (primary N) is 1. The zero-order valence-electron chi connectivity index (χ0n) is 18.9. The number of aliphatic carboxylic acids is 1. The van der Waals surface area contributed by atoms with Crippen molar-refractivity contribution in [2.24, 2.45) is 11.7 Å². The lowest BCUT2D eigenvalue weighted by atomic mass is 10.0. The van der Waals surface area contributed by atoms with Crippen LogP contribution in [0.3, 0.4) is 0 Å². The summed E-state index contributed by atoms with van der Waals surface area (Å²) in [6.07, 6.45) is 1.99. The molecule has 2 rings (SSSR count). The maximum absolute atomic E-state index is 12.8. The Morgan fingerprint density at radius 2 is 1.56 bits per heavy atom. The number of amides is 3. The molecule has 1 heterocycles. The normalized spacial score (nSPS) is 14.8. The van der Waals surface area contributed by atoms with E-state index in [2.05, 4.69) is 15.6 Å². The molecule has 0 aliphatic rings. The number of aliphatic hydroxyl groups is 2. The maximum Gasteiger partial charge on any atom is 0.328 e. The highest BCUT2D eigenvalue weighted by Crippen LogP contribution is 2.18. The highest BCUT2D eigenvalue weighted by Gasteiger charge is 2.31. The van der Waals surface area contributed by atoms with Crippen LogP contribution in [-0.4, -0.2) is 81.4 Å². The molecule has 0 radical (unpaired) electrons. The molecular formula is C22H31N5O7. The highest BCUT2D eigenvalue weighted by atomic mass is 16.4. The van der Waals surface area contributed by atoms with Gasteiger partial charge in [0.1, 0.15) is 18.1 Å².